The molecule has 0 bridgehead atoms. The van der Waals surface area contributed by atoms with E-state index in [0.29, 0.717) is 23.7 Å². The van der Waals surface area contributed by atoms with Gasteiger partial charge in [0.05, 0.1) is 12.2 Å². The molecule has 0 fully saturated rings. The highest BCUT2D eigenvalue weighted by Gasteiger charge is 2.26. The molecule has 0 aromatic heterocycles. The van der Waals surface area contributed by atoms with E-state index in [4.69, 9.17) is 9.47 Å². The normalized spacial score (nSPS) is 13.2. The molecule has 130 valence electrons. The zero-order valence-corrected chi connectivity index (χ0v) is 14.2. The molecule has 0 radical (unpaired) electrons. The first-order valence-electron chi connectivity index (χ1n) is 7.99. The zero-order valence-electron chi connectivity index (χ0n) is 14.2. The number of ether oxygens (including phenoxy) is 2. The molecular formula is C19H20N2O4. The maximum absolute atomic E-state index is 12.4. The van der Waals surface area contributed by atoms with E-state index < -0.39 is 0 Å². The van der Waals surface area contributed by atoms with Crippen molar-refractivity contribution in [1.29, 1.82) is 0 Å². The Morgan fingerprint density at radius 2 is 2.08 bits per heavy atom. The van der Waals surface area contributed by atoms with Gasteiger partial charge in [-0.1, -0.05) is 24.3 Å². The van der Waals surface area contributed by atoms with E-state index in [0.717, 1.165) is 11.1 Å². The lowest BCUT2D eigenvalue weighted by molar-refractivity contribution is -0.121. The molecule has 1 aliphatic heterocycles. The predicted octanol–water partition coefficient (Wildman–Crippen LogP) is 2.51. The lowest BCUT2D eigenvalue weighted by Gasteiger charge is -2.30. The molecule has 2 amide bonds. The lowest BCUT2D eigenvalue weighted by Crippen LogP contribution is -2.38. The molecule has 0 spiro atoms. The smallest absolute Gasteiger partial charge is 0.265 e. The SMILES string of the molecule is COCC(=O)Nc1ccc2c(c1)N(Cc1ccccc1C)C(=O)CO2. The molecule has 0 saturated heterocycles. The number of hydrogen-bond acceptors (Lipinski definition) is 4. The number of hydrogen-bond donors (Lipinski definition) is 1. The van der Waals surface area contributed by atoms with Gasteiger partial charge in [0, 0.05) is 12.8 Å². The number of anilines is 2. The summed E-state index contributed by atoms with van der Waals surface area (Å²) in [7, 11) is 1.46. The van der Waals surface area contributed by atoms with Crippen molar-refractivity contribution >= 4 is 23.2 Å². The van der Waals surface area contributed by atoms with Crippen LogP contribution < -0.4 is 15.0 Å². The minimum absolute atomic E-state index is 0.00820. The van der Waals surface area contributed by atoms with Crippen LogP contribution in [0.3, 0.4) is 0 Å². The number of fused-ring (bicyclic) bond motifs is 1. The Kier molecular flexibility index (Phi) is 5.00. The van der Waals surface area contributed by atoms with Crippen molar-refractivity contribution in [2.24, 2.45) is 0 Å². The number of rotatable bonds is 5. The molecule has 1 N–H and O–H groups in total. The summed E-state index contributed by atoms with van der Waals surface area (Å²) in [6, 6.07) is 13.2. The van der Waals surface area contributed by atoms with Crippen molar-refractivity contribution in [3.63, 3.8) is 0 Å². The molecule has 0 aliphatic carbocycles. The number of methoxy groups -OCH3 is 1. The fraction of sp³-hybridized carbons (Fsp3) is 0.263. The van der Waals surface area contributed by atoms with Crippen LogP contribution in [0.2, 0.25) is 0 Å². The van der Waals surface area contributed by atoms with Crippen LogP contribution in [-0.2, 0) is 20.9 Å². The molecular weight excluding hydrogens is 320 g/mol. The van der Waals surface area contributed by atoms with Crippen LogP contribution in [0.5, 0.6) is 5.75 Å². The summed E-state index contributed by atoms with van der Waals surface area (Å²) < 4.78 is 10.3. The summed E-state index contributed by atoms with van der Waals surface area (Å²) in [6.45, 7) is 2.45. The molecule has 2 aromatic carbocycles. The van der Waals surface area contributed by atoms with Crippen LogP contribution in [0, 0.1) is 6.92 Å². The summed E-state index contributed by atoms with van der Waals surface area (Å²) in [4.78, 5) is 25.8. The van der Waals surface area contributed by atoms with Gasteiger partial charge in [-0.25, -0.2) is 0 Å². The highest BCUT2D eigenvalue weighted by atomic mass is 16.5. The first kappa shape index (κ1) is 17.0. The highest BCUT2D eigenvalue weighted by Crippen LogP contribution is 2.35. The maximum atomic E-state index is 12.4. The number of nitrogens with one attached hydrogen (secondary N) is 1. The average Bonchev–Trinajstić information content (AvgIpc) is 2.59. The Labute approximate surface area is 146 Å². The predicted molar refractivity (Wildman–Crippen MR) is 94.8 cm³/mol. The first-order chi connectivity index (χ1) is 12.1. The van der Waals surface area contributed by atoms with Gasteiger partial charge in [-0.05, 0) is 36.2 Å². The van der Waals surface area contributed by atoms with E-state index >= 15 is 0 Å². The van der Waals surface area contributed by atoms with Crippen LogP contribution in [0.15, 0.2) is 42.5 Å². The topological polar surface area (TPSA) is 67.9 Å². The number of benzene rings is 2. The molecule has 0 unspecified atom stereocenters. The van der Waals surface area contributed by atoms with Crippen LogP contribution in [0.4, 0.5) is 11.4 Å². The summed E-state index contributed by atoms with van der Waals surface area (Å²) in [5.74, 6) is 0.255. The van der Waals surface area contributed by atoms with Crippen LogP contribution >= 0.6 is 0 Å². The van der Waals surface area contributed by atoms with Gasteiger partial charge >= 0.3 is 0 Å². The van der Waals surface area contributed by atoms with Crippen LogP contribution in [-0.4, -0.2) is 32.1 Å². The molecule has 0 saturated carbocycles. The number of nitrogens with zero attached hydrogens (tertiary/aromatic N) is 1. The minimum Gasteiger partial charge on any atom is -0.482 e. The number of amides is 2. The fourth-order valence-electron chi connectivity index (χ4n) is 2.74. The molecule has 1 aliphatic rings. The Morgan fingerprint density at radius 3 is 2.84 bits per heavy atom. The molecule has 2 aromatic rings. The second-order valence-corrected chi connectivity index (χ2v) is 5.86. The van der Waals surface area contributed by atoms with Crippen LogP contribution in [0.1, 0.15) is 11.1 Å². The maximum Gasteiger partial charge on any atom is 0.265 e. The van der Waals surface area contributed by atoms with E-state index in [1.165, 1.54) is 7.11 Å². The fourth-order valence-corrected chi connectivity index (χ4v) is 2.74. The van der Waals surface area contributed by atoms with Crippen molar-refractivity contribution in [3.05, 3.63) is 53.6 Å². The van der Waals surface area contributed by atoms with E-state index in [2.05, 4.69) is 5.32 Å². The third-order valence-electron chi connectivity index (χ3n) is 4.05. The summed E-state index contributed by atoms with van der Waals surface area (Å²) in [5.41, 5.74) is 3.43. The average molecular weight is 340 g/mol. The first-order valence-corrected chi connectivity index (χ1v) is 7.99. The third kappa shape index (κ3) is 3.80. The van der Waals surface area contributed by atoms with E-state index in [-0.39, 0.29) is 25.0 Å². The van der Waals surface area contributed by atoms with E-state index in [1.54, 1.807) is 23.1 Å². The third-order valence-corrected chi connectivity index (χ3v) is 4.05. The lowest BCUT2D eigenvalue weighted by atomic mass is 10.1. The zero-order chi connectivity index (χ0) is 17.8. The van der Waals surface area contributed by atoms with Gasteiger partial charge in [-0.15, -0.1) is 0 Å². The second kappa shape index (κ2) is 7.36. The van der Waals surface area contributed by atoms with Crippen molar-refractivity contribution < 1.29 is 19.1 Å². The Balaban J connectivity index is 1.89. The van der Waals surface area contributed by atoms with Crippen molar-refractivity contribution in [1.82, 2.24) is 0 Å². The highest BCUT2D eigenvalue weighted by molar-refractivity contribution is 5.99. The van der Waals surface area contributed by atoms with Gasteiger partial charge in [-0.2, -0.15) is 0 Å². The van der Waals surface area contributed by atoms with Gasteiger partial charge in [0.15, 0.2) is 6.61 Å². The monoisotopic (exact) mass is 340 g/mol. The number of carbonyl (C=O) groups is 2. The van der Waals surface area contributed by atoms with E-state index in [1.807, 2.05) is 31.2 Å². The Morgan fingerprint density at radius 1 is 1.28 bits per heavy atom. The Bertz CT molecular complexity index is 804. The minimum atomic E-state index is -0.254. The largest absolute Gasteiger partial charge is 0.482 e. The van der Waals surface area contributed by atoms with E-state index in [9.17, 15) is 9.59 Å². The summed E-state index contributed by atoms with van der Waals surface area (Å²) in [5, 5.41) is 2.75. The number of carbonyl (C=O) groups excluding carboxylic acids is 2. The quantitative estimate of drug-likeness (QED) is 0.908. The standard InChI is InChI=1S/C19H20N2O4/c1-13-5-3-4-6-14(13)10-21-16-9-15(20-18(22)11-24-2)7-8-17(16)25-12-19(21)23/h3-9H,10-12H2,1-2H3,(H,20,22). The molecule has 25 heavy (non-hydrogen) atoms. The van der Waals surface area contributed by atoms with Crippen molar-refractivity contribution in [2.75, 3.05) is 30.5 Å². The van der Waals surface area contributed by atoms with Crippen molar-refractivity contribution in [2.45, 2.75) is 13.5 Å². The van der Waals surface area contributed by atoms with Crippen molar-refractivity contribution in [3.8, 4) is 5.75 Å². The molecule has 6 heteroatoms. The summed E-state index contributed by atoms with van der Waals surface area (Å²) >= 11 is 0. The van der Waals surface area contributed by atoms with Crippen LogP contribution in [0.25, 0.3) is 0 Å². The van der Waals surface area contributed by atoms with Gasteiger partial charge < -0.3 is 19.7 Å². The van der Waals surface area contributed by atoms with Gasteiger partial charge in [-0.3, -0.25) is 9.59 Å². The number of aryl methyl sites for hydroxylation is 1. The molecule has 1 heterocycles. The summed E-state index contributed by atoms with van der Waals surface area (Å²) in [6.07, 6.45) is 0. The second-order valence-electron chi connectivity index (χ2n) is 5.86. The Hall–Kier alpha value is -2.86. The van der Waals surface area contributed by atoms with Gasteiger partial charge in [0.2, 0.25) is 5.91 Å². The molecule has 6 nitrogen and oxygen atoms in total. The molecule has 3 rings (SSSR count). The van der Waals surface area contributed by atoms with Gasteiger partial charge in [0.1, 0.15) is 12.4 Å². The van der Waals surface area contributed by atoms with Gasteiger partial charge in [0.25, 0.3) is 5.91 Å². The molecule has 0 atom stereocenters.